The van der Waals surface area contributed by atoms with Crippen molar-refractivity contribution in [2.24, 2.45) is 0 Å². The van der Waals surface area contributed by atoms with E-state index in [9.17, 15) is 0 Å². The SMILES string of the molecule is COc1ncnnc1-c1ccccc1. The van der Waals surface area contributed by atoms with Gasteiger partial charge in [0.15, 0.2) is 5.69 Å². The van der Waals surface area contributed by atoms with Crippen molar-refractivity contribution in [3.8, 4) is 17.1 Å². The molecule has 0 spiro atoms. The maximum Gasteiger partial charge on any atom is 0.243 e. The van der Waals surface area contributed by atoms with Crippen molar-refractivity contribution in [3.63, 3.8) is 0 Å². The molecule has 0 fully saturated rings. The van der Waals surface area contributed by atoms with Crippen LogP contribution in [0.1, 0.15) is 0 Å². The van der Waals surface area contributed by atoms with Gasteiger partial charge in [-0.3, -0.25) is 0 Å². The lowest BCUT2D eigenvalue weighted by Crippen LogP contribution is -1.95. The molecule has 0 aliphatic heterocycles. The Morgan fingerprint density at radius 3 is 2.64 bits per heavy atom. The van der Waals surface area contributed by atoms with Crippen molar-refractivity contribution < 1.29 is 4.74 Å². The van der Waals surface area contributed by atoms with Crippen LogP contribution in [0.15, 0.2) is 36.7 Å². The van der Waals surface area contributed by atoms with Crippen molar-refractivity contribution in [1.29, 1.82) is 0 Å². The van der Waals surface area contributed by atoms with Crippen molar-refractivity contribution in [3.05, 3.63) is 36.7 Å². The maximum atomic E-state index is 5.09. The van der Waals surface area contributed by atoms with Gasteiger partial charge in [-0.05, 0) is 0 Å². The van der Waals surface area contributed by atoms with Crippen LogP contribution in [-0.4, -0.2) is 22.3 Å². The first kappa shape index (κ1) is 8.62. The normalized spacial score (nSPS) is 9.79. The molecular weight excluding hydrogens is 178 g/mol. The predicted molar refractivity (Wildman–Crippen MR) is 51.8 cm³/mol. The van der Waals surface area contributed by atoms with Crippen LogP contribution in [0.2, 0.25) is 0 Å². The Balaban J connectivity index is 2.51. The van der Waals surface area contributed by atoms with Gasteiger partial charge >= 0.3 is 0 Å². The second-order valence-corrected chi connectivity index (χ2v) is 2.68. The van der Waals surface area contributed by atoms with Crippen molar-refractivity contribution in [1.82, 2.24) is 15.2 Å². The minimum Gasteiger partial charge on any atom is -0.479 e. The molecule has 0 N–H and O–H groups in total. The number of nitrogens with zero attached hydrogens (tertiary/aromatic N) is 3. The lowest BCUT2D eigenvalue weighted by molar-refractivity contribution is 0.395. The fraction of sp³-hybridized carbons (Fsp3) is 0.100. The van der Waals surface area contributed by atoms with E-state index < -0.39 is 0 Å². The zero-order valence-corrected chi connectivity index (χ0v) is 7.71. The molecule has 0 aliphatic rings. The summed E-state index contributed by atoms with van der Waals surface area (Å²) >= 11 is 0. The van der Waals surface area contributed by atoms with E-state index in [0.717, 1.165) is 5.56 Å². The summed E-state index contributed by atoms with van der Waals surface area (Å²) in [6.07, 6.45) is 1.37. The van der Waals surface area contributed by atoms with E-state index in [4.69, 9.17) is 4.74 Å². The van der Waals surface area contributed by atoms with E-state index in [1.54, 1.807) is 7.11 Å². The summed E-state index contributed by atoms with van der Waals surface area (Å²) in [5.74, 6) is 0.492. The summed E-state index contributed by atoms with van der Waals surface area (Å²) < 4.78 is 5.09. The lowest BCUT2D eigenvalue weighted by Gasteiger charge is -2.03. The highest BCUT2D eigenvalue weighted by atomic mass is 16.5. The third-order valence-electron chi connectivity index (χ3n) is 1.83. The maximum absolute atomic E-state index is 5.09. The number of methoxy groups -OCH3 is 1. The Kier molecular flexibility index (Phi) is 2.36. The first-order chi connectivity index (χ1) is 6.92. The minimum absolute atomic E-state index is 0.492. The van der Waals surface area contributed by atoms with Gasteiger partial charge in [0.05, 0.1) is 7.11 Å². The monoisotopic (exact) mass is 187 g/mol. The molecule has 0 saturated heterocycles. The molecule has 0 unspecified atom stereocenters. The summed E-state index contributed by atoms with van der Waals surface area (Å²) in [6, 6.07) is 9.69. The average Bonchev–Trinajstić information content (AvgIpc) is 2.30. The van der Waals surface area contributed by atoms with Crippen molar-refractivity contribution in [2.45, 2.75) is 0 Å². The summed E-state index contributed by atoms with van der Waals surface area (Å²) in [7, 11) is 1.57. The number of hydrogen-bond acceptors (Lipinski definition) is 4. The fourth-order valence-corrected chi connectivity index (χ4v) is 1.19. The molecule has 0 amide bonds. The highest BCUT2D eigenvalue weighted by Crippen LogP contribution is 2.23. The van der Waals surface area contributed by atoms with Gasteiger partial charge in [-0.15, -0.1) is 10.2 Å². The van der Waals surface area contributed by atoms with Gasteiger partial charge in [-0.1, -0.05) is 30.3 Å². The van der Waals surface area contributed by atoms with Crippen LogP contribution in [0.3, 0.4) is 0 Å². The second kappa shape index (κ2) is 3.83. The molecule has 2 aromatic rings. The Morgan fingerprint density at radius 1 is 1.14 bits per heavy atom. The molecule has 14 heavy (non-hydrogen) atoms. The van der Waals surface area contributed by atoms with E-state index in [-0.39, 0.29) is 0 Å². The third kappa shape index (κ3) is 1.54. The standard InChI is InChI=1S/C10H9N3O/c1-14-10-9(13-12-7-11-10)8-5-3-2-4-6-8/h2-7H,1H3. The number of aromatic nitrogens is 3. The zero-order valence-electron chi connectivity index (χ0n) is 7.71. The van der Waals surface area contributed by atoms with E-state index in [0.29, 0.717) is 11.6 Å². The van der Waals surface area contributed by atoms with Gasteiger partial charge in [0.1, 0.15) is 6.33 Å². The number of rotatable bonds is 2. The van der Waals surface area contributed by atoms with E-state index >= 15 is 0 Å². The molecule has 4 heteroatoms. The van der Waals surface area contributed by atoms with Gasteiger partial charge in [-0.25, -0.2) is 0 Å². The number of ether oxygens (including phenoxy) is 1. The molecule has 4 nitrogen and oxygen atoms in total. The largest absolute Gasteiger partial charge is 0.479 e. The molecule has 0 saturated carbocycles. The molecule has 0 bridgehead atoms. The molecule has 2 rings (SSSR count). The quantitative estimate of drug-likeness (QED) is 0.715. The zero-order chi connectivity index (χ0) is 9.80. The van der Waals surface area contributed by atoms with E-state index in [1.807, 2.05) is 30.3 Å². The smallest absolute Gasteiger partial charge is 0.243 e. The van der Waals surface area contributed by atoms with Crippen LogP contribution < -0.4 is 4.74 Å². The Morgan fingerprint density at radius 2 is 1.93 bits per heavy atom. The van der Waals surface area contributed by atoms with Gasteiger partial charge in [0.2, 0.25) is 5.88 Å². The van der Waals surface area contributed by atoms with Crippen LogP contribution in [0.25, 0.3) is 11.3 Å². The summed E-state index contributed by atoms with van der Waals surface area (Å²) in [4.78, 5) is 3.98. The molecule has 0 radical (unpaired) electrons. The van der Waals surface area contributed by atoms with Gasteiger partial charge in [-0.2, -0.15) is 4.98 Å². The predicted octanol–water partition coefficient (Wildman–Crippen LogP) is 1.55. The topological polar surface area (TPSA) is 47.9 Å². The Labute approximate surface area is 81.6 Å². The minimum atomic E-state index is 0.492. The van der Waals surface area contributed by atoms with Gasteiger partial charge in [0, 0.05) is 5.56 Å². The van der Waals surface area contributed by atoms with Crippen LogP contribution in [0, 0.1) is 0 Å². The third-order valence-corrected chi connectivity index (χ3v) is 1.83. The number of benzene rings is 1. The van der Waals surface area contributed by atoms with E-state index in [2.05, 4.69) is 15.2 Å². The highest BCUT2D eigenvalue weighted by molar-refractivity contribution is 5.63. The highest BCUT2D eigenvalue weighted by Gasteiger charge is 2.07. The van der Waals surface area contributed by atoms with Crippen LogP contribution in [0.5, 0.6) is 5.88 Å². The van der Waals surface area contributed by atoms with Crippen molar-refractivity contribution in [2.75, 3.05) is 7.11 Å². The molecule has 0 aliphatic carbocycles. The molecule has 70 valence electrons. The molecule has 0 atom stereocenters. The van der Waals surface area contributed by atoms with E-state index in [1.165, 1.54) is 6.33 Å². The van der Waals surface area contributed by atoms with Gasteiger partial charge in [0.25, 0.3) is 0 Å². The average molecular weight is 187 g/mol. The first-order valence-electron chi connectivity index (χ1n) is 4.19. The number of hydrogen-bond donors (Lipinski definition) is 0. The fourth-order valence-electron chi connectivity index (χ4n) is 1.19. The Hall–Kier alpha value is -1.97. The van der Waals surface area contributed by atoms with Gasteiger partial charge < -0.3 is 4.74 Å². The Bertz CT molecular complexity index is 417. The van der Waals surface area contributed by atoms with Crippen LogP contribution in [0.4, 0.5) is 0 Å². The molecule has 1 aromatic carbocycles. The molecule has 1 aromatic heterocycles. The summed E-state index contributed by atoms with van der Waals surface area (Å²) in [5, 5.41) is 7.71. The van der Waals surface area contributed by atoms with Crippen LogP contribution in [-0.2, 0) is 0 Å². The van der Waals surface area contributed by atoms with Crippen molar-refractivity contribution >= 4 is 0 Å². The lowest BCUT2D eigenvalue weighted by atomic mass is 10.2. The first-order valence-corrected chi connectivity index (χ1v) is 4.19. The summed E-state index contributed by atoms with van der Waals surface area (Å²) in [5.41, 5.74) is 1.61. The molecule has 1 heterocycles. The second-order valence-electron chi connectivity index (χ2n) is 2.68. The summed E-state index contributed by atoms with van der Waals surface area (Å²) in [6.45, 7) is 0. The van der Waals surface area contributed by atoms with Crippen LogP contribution >= 0.6 is 0 Å². The molecular formula is C10H9N3O.